The minimum Gasteiger partial charge on any atom is -0.395 e. The van der Waals surface area contributed by atoms with Gasteiger partial charge in [-0.25, -0.2) is 0 Å². The summed E-state index contributed by atoms with van der Waals surface area (Å²) in [7, 11) is 0. The molecular formula is C7H11BrClNO. The molecule has 0 saturated carbocycles. The van der Waals surface area contributed by atoms with Crippen molar-refractivity contribution in [2.75, 3.05) is 13.2 Å². The van der Waals surface area contributed by atoms with Gasteiger partial charge in [-0.05, 0) is 11.3 Å². The number of aliphatic hydroxyl groups is 1. The highest BCUT2D eigenvalue weighted by molar-refractivity contribution is 9.12. The average Bonchev–Trinajstić information content (AvgIpc) is 2.37. The van der Waals surface area contributed by atoms with Gasteiger partial charge in [-0.1, -0.05) is 5.92 Å². The van der Waals surface area contributed by atoms with Crippen LogP contribution in [0.5, 0.6) is 0 Å². The Hall–Kier alpha value is 0.250. The van der Waals surface area contributed by atoms with Gasteiger partial charge in [0, 0.05) is 34.4 Å². The van der Waals surface area contributed by atoms with Crippen molar-refractivity contribution < 1.29 is 5.11 Å². The minimum absolute atomic E-state index is 0. The topological polar surface area (TPSA) is 32.3 Å². The second-order valence-electron chi connectivity index (χ2n) is 2.46. The Bertz CT molecular complexity index is 166. The smallest absolute Gasteiger partial charge is 0.0585 e. The maximum atomic E-state index is 8.73. The Morgan fingerprint density at radius 3 is 2.82 bits per heavy atom. The molecule has 2 atom stereocenters. The summed E-state index contributed by atoms with van der Waals surface area (Å²) in [4.78, 5) is 2.70. The van der Waals surface area contributed by atoms with Gasteiger partial charge in [0.15, 0.2) is 0 Å². The molecule has 0 amide bonds. The lowest BCUT2D eigenvalue weighted by atomic mass is 10.1. The van der Waals surface area contributed by atoms with Crippen LogP contribution < -0.4 is 5.32 Å². The standard InChI is InChI=1S/C7H10BrNO.ClH/c8-2-1-6-3-7(5-10)9-4-6;/h6-7,9-10H,3-5H2;1H/t6-,7+;/m0./s1. The van der Waals surface area contributed by atoms with Crippen molar-refractivity contribution in [1.82, 2.24) is 5.32 Å². The van der Waals surface area contributed by atoms with Gasteiger partial charge in [0.2, 0.25) is 0 Å². The third-order valence-corrected chi connectivity index (χ3v) is 1.93. The lowest BCUT2D eigenvalue weighted by Gasteiger charge is -2.01. The number of hydrogen-bond donors (Lipinski definition) is 2. The zero-order valence-electron chi connectivity index (χ0n) is 6.01. The van der Waals surface area contributed by atoms with Crippen LogP contribution in [0.25, 0.3) is 0 Å². The second kappa shape index (κ2) is 5.84. The summed E-state index contributed by atoms with van der Waals surface area (Å²) in [6.07, 6.45) is 0.967. The van der Waals surface area contributed by atoms with E-state index in [2.05, 4.69) is 32.0 Å². The van der Waals surface area contributed by atoms with Gasteiger partial charge in [-0.2, -0.15) is 0 Å². The molecule has 64 valence electrons. The van der Waals surface area contributed by atoms with Gasteiger partial charge in [0.05, 0.1) is 6.61 Å². The Kier molecular flexibility index (Phi) is 5.98. The van der Waals surface area contributed by atoms with E-state index in [-0.39, 0.29) is 25.1 Å². The molecule has 2 N–H and O–H groups in total. The molecule has 1 rings (SSSR count). The summed E-state index contributed by atoms with van der Waals surface area (Å²) in [6.45, 7) is 1.13. The van der Waals surface area contributed by atoms with Crippen LogP contribution in [0.3, 0.4) is 0 Å². The highest BCUT2D eigenvalue weighted by atomic mass is 79.9. The van der Waals surface area contributed by atoms with Crippen LogP contribution in [-0.4, -0.2) is 24.3 Å². The van der Waals surface area contributed by atoms with Crippen LogP contribution in [0.4, 0.5) is 0 Å². The van der Waals surface area contributed by atoms with Gasteiger partial charge in [0.25, 0.3) is 0 Å². The first-order valence-corrected chi connectivity index (χ1v) is 4.11. The quantitative estimate of drug-likeness (QED) is 0.663. The normalized spacial score (nSPS) is 28.5. The maximum Gasteiger partial charge on any atom is 0.0585 e. The molecule has 1 fully saturated rings. The number of aliphatic hydroxyl groups excluding tert-OH is 1. The maximum absolute atomic E-state index is 8.73. The first-order chi connectivity index (χ1) is 4.86. The molecule has 11 heavy (non-hydrogen) atoms. The fourth-order valence-electron chi connectivity index (χ4n) is 1.15. The average molecular weight is 241 g/mol. The van der Waals surface area contributed by atoms with E-state index in [0.29, 0.717) is 5.92 Å². The first kappa shape index (κ1) is 11.2. The molecule has 4 heteroatoms. The molecule has 0 bridgehead atoms. The molecule has 0 spiro atoms. The molecule has 1 aliphatic rings. The van der Waals surface area contributed by atoms with Gasteiger partial charge >= 0.3 is 0 Å². The van der Waals surface area contributed by atoms with E-state index in [1.807, 2.05) is 0 Å². The first-order valence-electron chi connectivity index (χ1n) is 3.32. The van der Waals surface area contributed by atoms with E-state index >= 15 is 0 Å². The molecule has 0 aromatic rings. The molecule has 0 unspecified atom stereocenters. The number of rotatable bonds is 1. The molecule has 2 nitrogen and oxygen atoms in total. The van der Waals surface area contributed by atoms with Crippen molar-refractivity contribution in [2.24, 2.45) is 5.92 Å². The predicted molar refractivity (Wildman–Crippen MR) is 50.9 cm³/mol. The summed E-state index contributed by atoms with van der Waals surface area (Å²) in [5, 5.41) is 11.9. The Labute approximate surface area is 81.3 Å². The molecular weight excluding hydrogens is 229 g/mol. The molecule has 0 aliphatic carbocycles. The van der Waals surface area contributed by atoms with Crippen molar-refractivity contribution in [3.8, 4) is 10.8 Å². The fourth-order valence-corrected chi connectivity index (χ4v) is 1.47. The van der Waals surface area contributed by atoms with E-state index in [1.54, 1.807) is 0 Å². The molecule has 0 aromatic carbocycles. The van der Waals surface area contributed by atoms with Crippen molar-refractivity contribution in [3.63, 3.8) is 0 Å². The third kappa shape index (κ3) is 3.44. The summed E-state index contributed by atoms with van der Waals surface area (Å²) >= 11 is 3.05. The Balaban J connectivity index is 0.000001000. The molecule has 1 aliphatic heterocycles. The van der Waals surface area contributed by atoms with Crippen molar-refractivity contribution in [2.45, 2.75) is 12.5 Å². The second-order valence-corrected chi connectivity index (χ2v) is 2.86. The van der Waals surface area contributed by atoms with Crippen molar-refractivity contribution in [1.29, 1.82) is 0 Å². The van der Waals surface area contributed by atoms with Crippen molar-refractivity contribution in [3.05, 3.63) is 0 Å². The van der Waals surface area contributed by atoms with Crippen LogP contribution in [0.15, 0.2) is 0 Å². The monoisotopic (exact) mass is 239 g/mol. The van der Waals surface area contributed by atoms with E-state index in [9.17, 15) is 0 Å². The SMILES string of the molecule is Cl.OC[C@H]1C[C@H](C#CBr)CN1. The molecule has 0 aromatic heterocycles. The summed E-state index contributed by atoms with van der Waals surface area (Å²) in [5.74, 6) is 3.42. The van der Waals surface area contributed by atoms with Crippen LogP contribution in [-0.2, 0) is 0 Å². The van der Waals surface area contributed by atoms with Gasteiger partial charge in [0.1, 0.15) is 0 Å². The van der Waals surface area contributed by atoms with E-state index in [0.717, 1.165) is 13.0 Å². The zero-order chi connectivity index (χ0) is 7.40. The highest BCUT2D eigenvalue weighted by Gasteiger charge is 2.21. The van der Waals surface area contributed by atoms with Crippen LogP contribution in [0.2, 0.25) is 0 Å². The number of hydrogen-bond acceptors (Lipinski definition) is 2. The Morgan fingerprint density at radius 1 is 1.64 bits per heavy atom. The van der Waals surface area contributed by atoms with Gasteiger partial charge < -0.3 is 10.4 Å². The number of nitrogens with one attached hydrogen (secondary N) is 1. The fraction of sp³-hybridized carbons (Fsp3) is 0.714. The zero-order valence-corrected chi connectivity index (χ0v) is 8.41. The minimum atomic E-state index is 0. The predicted octanol–water partition coefficient (Wildman–Crippen LogP) is 0.734. The Morgan fingerprint density at radius 2 is 2.36 bits per heavy atom. The van der Waals surface area contributed by atoms with Gasteiger partial charge in [-0.3, -0.25) is 0 Å². The summed E-state index contributed by atoms with van der Waals surface area (Å²) in [5.41, 5.74) is 0. The summed E-state index contributed by atoms with van der Waals surface area (Å²) in [6, 6.07) is 0.262. The molecule has 1 heterocycles. The summed E-state index contributed by atoms with van der Waals surface area (Å²) < 4.78 is 0. The number of halogens is 2. The highest BCUT2D eigenvalue weighted by Crippen LogP contribution is 2.11. The van der Waals surface area contributed by atoms with E-state index < -0.39 is 0 Å². The van der Waals surface area contributed by atoms with Crippen LogP contribution in [0.1, 0.15) is 6.42 Å². The molecule has 0 radical (unpaired) electrons. The lowest BCUT2D eigenvalue weighted by molar-refractivity contribution is 0.254. The van der Waals surface area contributed by atoms with Gasteiger partial charge in [-0.15, -0.1) is 12.4 Å². The largest absolute Gasteiger partial charge is 0.395 e. The lowest BCUT2D eigenvalue weighted by Crippen LogP contribution is -2.24. The van der Waals surface area contributed by atoms with E-state index in [4.69, 9.17) is 5.11 Å². The van der Waals surface area contributed by atoms with Crippen molar-refractivity contribution >= 4 is 28.3 Å². The third-order valence-electron chi connectivity index (χ3n) is 1.70. The van der Waals surface area contributed by atoms with Crippen LogP contribution >= 0.6 is 28.3 Å². The van der Waals surface area contributed by atoms with Crippen LogP contribution in [0, 0.1) is 16.7 Å². The van der Waals surface area contributed by atoms with E-state index in [1.165, 1.54) is 0 Å². The molecule has 1 saturated heterocycles.